The number of nitrogens with one attached hydrogen (secondary N) is 1. The van der Waals surface area contributed by atoms with E-state index in [1.165, 1.54) is 18.4 Å². The molecule has 1 aliphatic rings. The highest BCUT2D eigenvalue weighted by Gasteiger charge is 2.14. The van der Waals surface area contributed by atoms with Crippen LogP contribution in [0.4, 0.5) is 0 Å². The summed E-state index contributed by atoms with van der Waals surface area (Å²) in [7, 11) is 1.95. The molecule has 106 valence electrons. The van der Waals surface area contributed by atoms with Gasteiger partial charge in [-0.1, -0.05) is 15.9 Å². The summed E-state index contributed by atoms with van der Waals surface area (Å²) in [6.45, 7) is 2.52. The summed E-state index contributed by atoms with van der Waals surface area (Å²) < 4.78 is 12.6. The van der Waals surface area contributed by atoms with Crippen LogP contribution in [0.1, 0.15) is 31.2 Å². The van der Waals surface area contributed by atoms with Crippen molar-refractivity contribution in [2.75, 3.05) is 20.3 Å². The third-order valence-corrected chi connectivity index (χ3v) is 3.84. The molecule has 1 aromatic rings. The lowest BCUT2D eigenvalue weighted by Gasteiger charge is -2.13. The minimum Gasteiger partial charge on any atom is -0.493 e. The normalized spacial score (nSPS) is 18.7. The van der Waals surface area contributed by atoms with Crippen LogP contribution in [0.25, 0.3) is 0 Å². The maximum Gasteiger partial charge on any atom is 0.123 e. The first-order valence-electron chi connectivity index (χ1n) is 6.97. The van der Waals surface area contributed by atoms with Gasteiger partial charge in [-0.25, -0.2) is 0 Å². The van der Waals surface area contributed by atoms with E-state index in [0.717, 1.165) is 42.8 Å². The number of hydrogen-bond acceptors (Lipinski definition) is 3. The van der Waals surface area contributed by atoms with Gasteiger partial charge in [0, 0.05) is 23.2 Å². The number of hydrogen-bond donors (Lipinski definition) is 1. The van der Waals surface area contributed by atoms with Gasteiger partial charge in [0.15, 0.2) is 0 Å². The van der Waals surface area contributed by atoms with Gasteiger partial charge in [-0.2, -0.15) is 0 Å². The summed E-state index contributed by atoms with van der Waals surface area (Å²) in [4.78, 5) is 0. The fourth-order valence-corrected chi connectivity index (χ4v) is 2.79. The van der Waals surface area contributed by atoms with Crippen LogP contribution >= 0.6 is 15.9 Å². The summed E-state index contributed by atoms with van der Waals surface area (Å²) in [6, 6.07) is 6.16. The number of halogens is 1. The van der Waals surface area contributed by atoms with E-state index in [0.29, 0.717) is 6.10 Å². The van der Waals surface area contributed by atoms with Crippen LogP contribution in [0.5, 0.6) is 5.75 Å². The Morgan fingerprint density at radius 1 is 1.47 bits per heavy atom. The Balaban J connectivity index is 1.77. The van der Waals surface area contributed by atoms with Crippen molar-refractivity contribution in [2.45, 2.75) is 38.3 Å². The summed E-state index contributed by atoms with van der Waals surface area (Å²) in [6.07, 6.45) is 5.05. The zero-order valence-corrected chi connectivity index (χ0v) is 13.0. The summed E-state index contributed by atoms with van der Waals surface area (Å²) in [5, 5.41) is 3.17. The Hall–Kier alpha value is -0.580. The molecule has 0 saturated carbocycles. The molecule has 1 atom stereocenters. The number of ether oxygens (including phenoxy) is 2. The van der Waals surface area contributed by atoms with Crippen molar-refractivity contribution < 1.29 is 9.47 Å². The molecule has 0 amide bonds. The second-order valence-electron chi connectivity index (χ2n) is 4.91. The Morgan fingerprint density at radius 2 is 2.37 bits per heavy atom. The third kappa shape index (κ3) is 4.79. The Kier molecular flexibility index (Phi) is 6.14. The van der Waals surface area contributed by atoms with Crippen molar-refractivity contribution in [2.24, 2.45) is 0 Å². The van der Waals surface area contributed by atoms with Crippen molar-refractivity contribution in [1.29, 1.82) is 0 Å². The SMILES string of the molecule is CNCc1cc(Br)ccc1OCCCC1CCCO1. The van der Waals surface area contributed by atoms with Gasteiger partial charge in [-0.15, -0.1) is 0 Å². The van der Waals surface area contributed by atoms with Crippen LogP contribution in [-0.4, -0.2) is 26.4 Å². The first kappa shape index (κ1) is 14.8. The standard InChI is InChI=1S/C15H22BrNO2/c1-17-11-12-10-13(16)6-7-15(12)19-9-3-5-14-4-2-8-18-14/h6-7,10,14,17H,2-5,8-9,11H2,1H3. The first-order valence-corrected chi connectivity index (χ1v) is 7.76. The molecule has 2 rings (SSSR count). The predicted molar refractivity (Wildman–Crippen MR) is 80.6 cm³/mol. The molecule has 1 aromatic carbocycles. The number of benzene rings is 1. The first-order chi connectivity index (χ1) is 9.29. The van der Waals surface area contributed by atoms with E-state index < -0.39 is 0 Å². The van der Waals surface area contributed by atoms with Gasteiger partial charge in [0.25, 0.3) is 0 Å². The zero-order valence-electron chi connectivity index (χ0n) is 11.5. The Morgan fingerprint density at radius 3 is 3.11 bits per heavy atom. The molecule has 1 aliphatic heterocycles. The molecule has 1 heterocycles. The van der Waals surface area contributed by atoms with Gasteiger partial charge >= 0.3 is 0 Å². The lowest BCUT2D eigenvalue weighted by atomic mass is 10.1. The molecule has 0 radical (unpaired) electrons. The van der Waals surface area contributed by atoms with Crippen LogP contribution in [0.15, 0.2) is 22.7 Å². The maximum atomic E-state index is 5.89. The average molecular weight is 328 g/mol. The molecular weight excluding hydrogens is 306 g/mol. The second kappa shape index (κ2) is 7.88. The Labute approximate surface area is 123 Å². The zero-order chi connectivity index (χ0) is 13.5. The molecular formula is C15H22BrNO2. The highest BCUT2D eigenvalue weighted by atomic mass is 79.9. The van der Waals surface area contributed by atoms with E-state index >= 15 is 0 Å². The van der Waals surface area contributed by atoms with Gasteiger partial charge in [0.05, 0.1) is 12.7 Å². The fraction of sp³-hybridized carbons (Fsp3) is 0.600. The minimum atomic E-state index is 0.463. The van der Waals surface area contributed by atoms with Crippen molar-refractivity contribution in [1.82, 2.24) is 5.32 Å². The van der Waals surface area contributed by atoms with E-state index in [1.54, 1.807) is 0 Å². The predicted octanol–water partition coefficient (Wildman–Crippen LogP) is 3.51. The van der Waals surface area contributed by atoms with Gasteiger partial charge in [-0.3, -0.25) is 0 Å². The molecule has 1 fully saturated rings. The lowest BCUT2D eigenvalue weighted by molar-refractivity contribution is 0.0981. The molecule has 1 unspecified atom stereocenters. The molecule has 3 nitrogen and oxygen atoms in total. The molecule has 19 heavy (non-hydrogen) atoms. The maximum absolute atomic E-state index is 5.89. The molecule has 0 aliphatic carbocycles. The average Bonchev–Trinajstić information content (AvgIpc) is 2.90. The highest BCUT2D eigenvalue weighted by molar-refractivity contribution is 9.10. The second-order valence-corrected chi connectivity index (χ2v) is 5.82. The number of rotatable bonds is 7. The van der Waals surface area contributed by atoms with Crippen molar-refractivity contribution >= 4 is 15.9 Å². The Bertz CT molecular complexity index is 392. The van der Waals surface area contributed by atoms with Gasteiger partial charge in [0.1, 0.15) is 5.75 Å². The molecule has 0 aromatic heterocycles. The summed E-state index contributed by atoms with van der Waals surface area (Å²) >= 11 is 3.49. The largest absolute Gasteiger partial charge is 0.493 e. The summed E-state index contributed by atoms with van der Waals surface area (Å²) in [5.74, 6) is 0.977. The lowest BCUT2D eigenvalue weighted by Crippen LogP contribution is -2.10. The summed E-state index contributed by atoms with van der Waals surface area (Å²) in [5.41, 5.74) is 1.19. The van der Waals surface area contributed by atoms with E-state index in [-0.39, 0.29) is 0 Å². The molecule has 0 spiro atoms. The quantitative estimate of drug-likeness (QED) is 0.777. The molecule has 0 bridgehead atoms. The molecule has 4 heteroatoms. The van der Waals surface area contributed by atoms with Crippen LogP contribution < -0.4 is 10.1 Å². The minimum absolute atomic E-state index is 0.463. The van der Waals surface area contributed by atoms with Crippen molar-refractivity contribution in [3.8, 4) is 5.75 Å². The molecule has 1 saturated heterocycles. The highest BCUT2D eigenvalue weighted by Crippen LogP contribution is 2.24. The monoisotopic (exact) mass is 327 g/mol. The smallest absolute Gasteiger partial charge is 0.123 e. The van der Waals surface area contributed by atoms with Gasteiger partial charge in [-0.05, 0) is 50.9 Å². The van der Waals surface area contributed by atoms with E-state index in [1.807, 2.05) is 19.2 Å². The van der Waals surface area contributed by atoms with Crippen LogP contribution in [0, 0.1) is 0 Å². The van der Waals surface area contributed by atoms with Gasteiger partial charge < -0.3 is 14.8 Å². The van der Waals surface area contributed by atoms with E-state index in [9.17, 15) is 0 Å². The van der Waals surface area contributed by atoms with Crippen LogP contribution in [0.2, 0.25) is 0 Å². The van der Waals surface area contributed by atoms with Crippen molar-refractivity contribution in [3.05, 3.63) is 28.2 Å². The van der Waals surface area contributed by atoms with Crippen molar-refractivity contribution in [3.63, 3.8) is 0 Å². The van der Waals surface area contributed by atoms with Gasteiger partial charge in [0.2, 0.25) is 0 Å². The molecule has 1 N–H and O–H groups in total. The van der Waals surface area contributed by atoms with Crippen LogP contribution in [0.3, 0.4) is 0 Å². The van der Waals surface area contributed by atoms with Crippen LogP contribution in [-0.2, 0) is 11.3 Å². The third-order valence-electron chi connectivity index (χ3n) is 3.34. The fourth-order valence-electron chi connectivity index (χ4n) is 2.38. The van der Waals surface area contributed by atoms with E-state index in [2.05, 4.69) is 27.3 Å². The topological polar surface area (TPSA) is 30.5 Å². The van der Waals surface area contributed by atoms with E-state index in [4.69, 9.17) is 9.47 Å².